The van der Waals surface area contributed by atoms with Crippen molar-refractivity contribution in [3.63, 3.8) is 0 Å². The Morgan fingerprint density at radius 3 is 2.25 bits per heavy atom. The molecule has 0 radical (unpaired) electrons. The number of benzene rings is 3. The fourth-order valence-electron chi connectivity index (χ4n) is 3.56. The van der Waals surface area contributed by atoms with E-state index in [1.807, 2.05) is 72.8 Å². The van der Waals surface area contributed by atoms with Crippen LogP contribution in [0.1, 0.15) is 5.56 Å². The Morgan fingerprint density at radius 2 is 1.59 bits per heavy atom. The molecule has 0 N–H and O–H groups in total. The van der Waals surface area contributed by atoms with Gasteiger partial charge in [0.2, 0.25) is 0 Å². The zero-order valence-corrected chi connectivity index (χ0v) is 20.6. The van der Waals surface area contributed by atoms with Crippen LogP contribution in [-0.4, -0.2) is 27.6 Å². The molecule has 4 nitrogen and oxygen atoms in total. The third kappa shape index (κ3) is 4.03. The molecule has 3 aromatic rings. The lowest BCUT2D eigenvalue weighted by Gasteiger charge is -2.32. The third-order valence-electron chi connectivity index (χ3n) is 5.00. The molecule has 0 atom stereocenters. The summed E-state index contributed by atoms with van der Waals surface area (Å²) in [7, 11) is 0. The number of fused-ring (bicyclic) bond motifs is 2. The summed E-state index contributed by atoms with van der Waals surface area (Å²) in [6.45, 7) is -0.117. The first-order valence-electron chi connectivity index (χ1n) is 9.71. The van der Waals surface area contributed by atoms with Crippen LogP contribution >= 0.6 is 51.7 Å². The molecule has 1 saturated heterocycles. The normalized spacial score (nSPS) is 16.3. The van der Waals surface area contributed by atoms with Gasteiger partial charge in [0.1, 0.15) is 10.9 Å². The van der Waals surface area contributed by atoms with Gasteiger partial charge in [0.25, 0.3) is 11.8 Å². The lowest BCUT2D eigenvalue weighted by atomic mass is 10.2. The number of hydrogen-bond donors (Lipinski definition) is 0. The first kappa shape index (κ1) is 21.5. The Kier molecular flexibility index (Phi) is 5.94. The number of anilines is 2. The predicted octanol–water partition coefficient (Wildman–Crippen LogP) is 6.48. The van der Waals surface area contributed by atoms with Crippen LogP contribution < -0.4 is 4.90 Å². The largest absolute Gasteiger partial charge is 0.283 e. The van der Waals surface area contributed by atoms with Gasteiger partial charge in [-0.3, -0.25) is 19.4 Å². The number of thiocarbonyl (C=S) groups is 1. The van der Waals surface area contributed by atoms with Crippen LogP contribution in [0.25, 0.3) is 6.08 Å². The number of carbonyl (C=O) groups excluding carboxylic acids is 2. The van der Waals surface area contributed by atoms with E-state index in [1.165, 1.54) is 16.7 Å². The molecule has 0 aliphatic carbocycles. The molecule has 5 rings (SSSR count). The van der Waals surface area contributed by atoms with E-state index in [0.717, 1.165) is 31.2 Å². The topological polar surface area (TPSA) is 40.6 Å². The maximum absolute atomic E-state index is 13.5. The van der Waals surface area contributed by atoms with Gasteiger partial charge in [-0.1, -0.05) is 88.1 Å². The van der Waals surface area contributed by atoms with Crippen molar-refractivity contribution in [2.45, 2.75) is 9.79 Å². The van der Waals surface area contributed by atoms with E-state index in [2.05, 4.69) is 15.9 Å². The molecule has 3 aromatic carbocycles. The highest BCUT2D eigenvalue weighted by molar-refractivity contribution is 9.10. The highest BCUT2D eigenvalue weighted by atomic mass is 79.9. The van der Waals surface area contributed by atoms with E-state index in [9.17, 15) is 9.59 Å². The number of para-hydroxylation sites is 2. The number of nitrogens with zero attached hydrogens (tertiary/aromatic N) is 2. The van der Waals surface area contributed by atoms with Crippen LogP contribution in [0, 0.1) is 0 Å². The van der Waals surface area contributed by atoms with E-state index in [4.69, 9.17) is 12.2 Å². The molecular formula is C24H15BrN2O2S3. The van der Waals surface area contributed by atoms with Crippen LogP contribution in [0.5, 0.6) is 0 Å². The van der Waals surface area contributed by atoms with Crippen molar-refractivity contribution >= 4 is 85.3 Å². The van der Waals surface area contributed by atoms with E-state index in [-0.39, 0.29) is 18.4 Å². The van der Waals surface area contributed by atoms with Gasteiger partial charge in [-0.25, -0.2) is 0 Å². The van der Waals surface area contributed by atoms with Gasteiger partial charge in [0, 0.05) is 14.3 Å². The average Bonchev–Trinajstić information content (AvgIpc) is 3.04. The standard InChI is InChI=1S/C24H15BrN2O2S3/c25-16-7-5-6-15(12-16)13-21-23(29)26(24(30)32-21)14-22(28)27-17-8-1-3-10-19(17)31-20-11-4-2-9-18(20)27/h1-13H,14H2/b21-13-. The molecule has 0 saturated carbocycles. The summed E-state index contributed by atoms with van der Waals surface area (Å²) in [5, 5.41) is 0. The van der Waals surface area contributed by atoms with Crippen LogP contribution in [0.4, 0.5) is 11.4 Å². The Balaban J connectivity index is 1.43. The van der Waals surface area contributed by atoms with E-state index in [1.54, 1.807) is 22.7 Å². The van der Waals surface area contributed by atoms with Crippen LogP contribution in [-0.2, 0) is 9.59 Å². The number of carbonyl (C=O) groups is 2. The first-order chi connectivity index (χ1) is 15.5. The maximum atomic E-state index is 13.5. The molecule has 0 unspecified atom stereocenters. The molecule has 2 heterocycles. The summed E-state index contributed by atoms with van der Waals surface area (Å²) in [5.41, 5.74) is 2.52. The number of hydrogen-bond acceptors (Lipinski definition) is 5. The summed E-state index contributed by atoms with van der Waals surface area (Å²) >= 11 is 11.8. The molecule has 2 amide bonds. The predicted molar refractivity (Wildman–Crippen MR) is 138 cm³/mol. The zero-order chi connectivity index (χ0) is 22.2. The number of rotatable bonds is 3. The monoisotopic (exact) mass is 538 g/mol. The van der Waals surface area contributed by atoms with Crippen molar-refractivity contribution in [2.75, 3.05) is 11.4 Å². The fourth-order valence-corrected chi connectivity index (χ4v) is 6.29. The lowest BCUT2D eigenvalue weighted by molar-refractivity contribution is -0.127. The van der Waals surface area contributed by atoms with Gasteiger partial charge in [0.15, 0.2) is 0 Å². The summed E-state index contributed by atoms with van der Waals surface area (Å²) < 4.78 is 1.31. The van der Waals surface area contributed by atoms with Crippen LogP contribution in [0.15, 0.2) is 92.0 Å². The van der Waals surface area contributed by atoms with Gasteiger partial charge in [0.05, 0.1) is 16.3 Å². The van der Waals surface area contributed by atoms with Crippen molar-refractivity contribution in [1.29, 1.82) is 0 Å². The highest BCUT2D eigenvalue weighted by Gasteiger charge is 2.36. The van der Waals surface area contributed by atoms with E-state index in [0.29, 0.717) is 9.23 Å². The molecule has 158 valence electrons. The molecule has 32 heavy (non-hydrogen) atoms. The number of halogens is 1. The second-order valence-electron chi connectivity index (χ2n) is 7.09. The summed E-state index contributed by atoms with van der Waals surface area (Å²) in [4.78, 5) is 32.2. The number of amides is 2. The molecule has 1 fully saturated rings. The smallest absolute Gasteiger partial charge is 0.266 e. The second-order valence-corrected chi connectivity index (χ2v) is 10.8. The van der Waals surface area contributed by atoms with E-state index < -0.39 is 0 Å². The van der Waals surface area contributed by atoms with Gasteiger partial charge in [-0.15, -0.1) is 0 Å². The van der Waals surface area contributed by atoms with Crippen molar-refractivity contribution in [2.24, 2.45) is 0 Å². The molecule has 2 aliphatic rings. The van der Waals surface area contributed by atoms with Crippen LogP contribution in [0.3, 0.4) is 0 Å². The Bertz CT molecular complexity index is 1260. The quantitative estimate of drug-likeness (QED) is 0.282. The summed E-state index contributed by atoms with van der Waals surface area (Å²) in [5.74, 6) is -0.452. The second kappa shape index (κ2) is 8.86. The van der Waals surface area contributed by atoms with Gasteiger partial charge < -0.3 is 0 Å². The maximum Gasteiger partial charge on any atom is 0.266 e. The summed E-state index contributed by atoms with van der Waals surface area (Å²) in [6.07, 6.45) is 1.80. The van der Waals surface area contributed by atoms with Gasteiger partial charge in [-0.2, -0.15) is 0 Å². The molecule has 0 bridgehead atoms. The Hall–Kier alpha value is -2.39. The fraction of sp³-hybridized carbons (Fsp3) is 0.0417. The minimum atomic E-state index is -0.249. The lowest BCUT2D eigenvalue weighted by Crippen LogP contribution is -2.41. The molecule has 2 aliphatic heterocycles. The SMILES string of the molecule is O=C1/C(=C/c2cccc(Br)c2)SC(=S)N1CC(=O)N1c2ccccc2Sc2ccccc21. The van der Waals surface area contributed by atoms with Gasteiger partial charge >= 0.3 is 0 Å². The number of thioether (sulfide) groups is 1. The van der Waals surface area contributed by atoms with E-state index >= 15 is 0 Å². The first-order valence-corrected chi connectivity index (χ1v) is 12.5. The molecular weight excluding hydrogens is 524 g/mol. The minimum Gasteiger partial charge on any atom is -0.283 e. The third-order valence-corrected chi connectivity index (χ3v) is 8.00. The molecule has 0 aromatic heterocycles. The molecule has 0 spiro atoms. The Morgan fingerprint density at radius 1 is 0.938 bits per heavy atom. The van der Waals surface area contributed by atoms with Crippen molar-refractivity contribution in [3.05, 3.63) is 87.7 Å². The average molecular weight is 540 g/mol. The van der Waals surface area contributed by atoms with Crippen molar-refractivity contribution < 1.29 is 9.59 Å². The highest BCUT2D eigenvalue weighted by Crippen LogP contribution is 2.48. The van der Waals surface area contributed by atoms with Crippen molar-refractivity contribution in [1.82, 2.24) is 4.90 Å². The van der Waals surface area contributed by atoms with Crippen LogP contribution in [0.2, 0.25) is 0 Å². The summed E-state index contributed by atoms with van der Waals surface area (Å²) in [6, 6.07) is 23.3. The van der Waals surface area contributed by atoms with Crippen molar-refractivity contribution in [3.8, 4) is 0 Å². The van der Waals surface area contributed by atoms with Gasteiger partial charge in [-0.05, 0) is 48.0 Å². The zero-order valence-electron chi connectivity index (χ0n) is 16.5. The molecule has 8 heteroatoms. The Labute approximate surface area is 207 Å². The minimum absolute atomic E-state index is 0.117.